The van der Waals surface area contributed by atoms with E-state index in [1.54, 1.807) is 12.4 Å². The minimum absolute atomic E-state index is 0.742. The summed E-state index contributed by atoms with van der Waals surface area (Å²) in [5.41, 5.74) is 2.21. The van der Waals surface area contributed by atoms with Gasteiger partial charge in [0.2, 0.25) is 0 Å². The van der Waals surface area contributed by atoms with Crippen LogP contribution in [0.25, 0.3) is 0 Å². The average molecular weight is 164 g/mol. The summed E-state index contributed by atoms with van der Waals surface area (Å²) in [5, 5.41) is 0. The van der Waals surface area contributed by atoms with Gasteiger partial charge in [-0.2, -0.15) is 0 Å². The third kappa shape index (κ3) is 2.61. The van der Waals surface area contributed by atoms with Gasteiger partial charge in [0, 0.05) is 12.4 Å². The molecule has 0 saturated carbocycles. The quantitative estimate of drug-likeness (QED) is 0.685. The highest BCUT2D eigenvalue weighted by atomic mass is 14.8. The zero-order chi connectivity index (χ0) is 8.97. The Labute approximate surface area is 74.1 Å². The molecule has 1 rings (SSSR count). The molecule has 0 aromatic carbocycles. The molecule has 0 saturated heterocycles. The van der Waals surface area contributed by atoms with Gasteiger partial charge in [-0.3, -0.25) is 9.97 Å². The molecule has 0 amide bonds. The van der Waals surface area contributed by atoms with Gasteiger partial charge < -0.3 is 0 Å². The largest absolute Gasteiger partial charge is 0.258 e. The van der Waals surface area contributed by atoms with Crippen LogP contribution >= 0.6 is 0 Å². The Bertz CT molecular complexity index is 243. The minimum atomic E-state index is 0.742. The van der Waals surface area contributed by atoms with Crippen LogP contribution in [0, 0.1) is 12.8 Å². The molecule has 0 aliphatic heterocycles. The third-order valence-corrected chi connectivity index (χ3v) is 1.94. The van der Waals surface area contributed by atoms with E-state index in [4.69, 9.17) is 0 Å². The summed E-state index contributed by atoms with van der Waals surface area (Å²) >= 11 is 0. The molecule has 2 nitrogen and oxygen atoms in total. The topological polar surface area (TPSA) is 25.8 Å². The predicted molar refractivity (Wildman–Crippen MR) is 49.9 cm³/mol. The van der Waals surface area contributed by atoms with Crippen molar-refractivity contribution in [2.24, 2.45) is 5.92 Å². The van der Waals surface area contributed by atoms with Gasteiger partial charge in [-0.05, 0) is 25.7 Å². The fraction of sp³-hybridized carbons (Fsp3) is 0.600. The van der Waals surface area contributed by atoms with Crippen LogP contribution in [0.15, 0.2) is 12.4 Å². The van der Waals surface area contributed by atoms with Crippen molar-refractivity contribution in [3.05, 3.63) is 23.8 Å². The molecule has 1 aromatic heterocycles. The second-order valence-corrected chi connectivity index (χ2v) is 3.52. The first-order valence-corrected chi connectivity index (χ1v) is 4.46. The highest BCUT2D eigenvalue weighted by Gasteiger charge is 2.01. The van der Waals surface area contributed by atoms with Crippen LogP contribution in [0.2, 0.25) is 0 Å². The monoisotopic (exact) mass is 164 g/mol. The van der Waals surface area contributed by atoms with E-state index in [0.717, 1.165) is 23.7 Å². The summed E-state index contributed by atoms with van der Waals surface area (Å²) in [6.45, 7) is 6.47. The van der Waals surface area contributed by atoms with Crippen LogP contribution in [0.4, 0.5) is 0 Å². The molecule has 0 radical (unpaired) electrons. The van der Waals surface area contributed by atoms with Crippen LogP contribution in [0.5, 0.6) is 0 Å². The fourth-order valence-corrected chi connectivity index (χ4v) is 1.11. The summed E-state index contributed by atoms with van der Waals surface area (Å²) in [5.74, 6) is 0.742. The van der Waals surface area contributed by atoms with Gasteiger partial charge >= 0.3 is 0 Å². The summed E-state index contributed by atoms with van der Waals surface area (Å²) in [6.07, 6.45) is 5.76. The molecule has 2 heteroatoms. The molecule has 0 N–H and O–H groups in total. The SMILES string of the molecule is Cc1nccnc1CCC(C)C. The Morgan fingerprint density at radius 1 is 1.25 bits per heavy atom. The van der Waals surface area contributed by atoms with Gasteiger partial charge in [-0.25, -0.2) is 0 Å². The molecule has 0 atom stereocenters. The zero-order valence-corrected chi connectivity index (χ0v) is 8.04. The highest BCUT2D eigenvalue weighted by Crippen LogP contribution is 2.08. The number of aryl methyl sites for hydroxylation is 2. The molecular formula is C10H16N2. The Kier molecular flexibility index (Phi) is 3.20. The normalized spacial score (nSPS) is 10.7. The molecule has 0 aliphatic carbocycles. The molecule has 66 valence electrons. The molecule has 0 unspecified atom stereocenters. The minimum Gasteiger partial charge on any atom is -0.258 e. The lowest BCUT2D eigenvalue weighted by Gasteiger charge is -2.05. The van der Waals surface area contributed by atoms with E-state index >= 15 is 0 Å². The molecule has 1 heterocycles. The summed E-state index contributed by atoms with van der Waals surface area (Å²) in [6, 6.07) is 0. The van der Waals surface area contributed by atoms with E-state index in [-0.39, 0.29) is 0 Å². The second-order valence-electron chi connectivity index (χ2n) is 3.52. The molecule has 0 fully saturated rings. The van der Waals surface area contributed by atoms with Crippen molar-refractivity contribution in [2.75, 3.05) is 0 Å². The number of hydrogen-bond acceptors (Lipinski definition) is 2. The molecule has 12 heavy (non-hydrogen) atoms. The zero-order valence-electron chi connectivity index (χ0n) is 8.04. The number of rotatable bonds is 3. The maximum absolute atomic E-state index is 4.29. The van der Waals surface area contributed by atoms with Crippen molar-refractivity contribution >= 4 is 0 Å². The lowest BCUT2D eigenvalue weighted by Crippen LogP contribution is -1.98. The summed E-state index contributed by atoms with van der Waals surface area (Å²) in [7, 11) is 0. The van der Waals surface area contributed by atoms with Gasteiger partial charge in [0.25, 0.3) is 0 Å². The Balaban J connectivity index is 2.57. The predicted octanol–water partition coefficient (Wildman–Crippen LogP) is 2.37. The van der Waals surface area contributed by atoms with Crippen molar-refractivity contribution in [1.29, 1.82) is 0 Å². The van der Waals surface area contributed by atoms with E-state index in [2.05, 4.69) is 23.8 Å². The van der Waals surface area contributed by atoms with Crippen LogP contribution in [0.1, 0.15) is 31.7 Å². The first kappa shape index (κ1) is 9.17. The van der Waals surface area contributed by atoms with E-state index < -0.39 is 0 Å². The van der Waals surface area contributed by atoms with Crippen molar-refractivity contribution < 1.29 is 0 Å². The first-order chi connectivity index (χ1) is 5.70. The lowest BCUT2D eigenvalue weighted by molar-refractivity contribution is 0.579. The maximum Gasteiger partial charge on any atom is 0.0615 e. The van der Waals surface area contributed by atoms with Crippen molar-refractivity contribution in [2.45, 2.75) is 33.6 Å². The Hall–Kier alpha value is -0.920. The number of nitrogens with zero attached hydrogens (tertiary/aromatic N) is 2. The molecule has 0 bridgehead atoms. The fourth-order valence-electron chi connectivity index (χ4n) is 1.11. The van der Waals surface area contributed by atoms with Crippen molar-refractivity contribution in [3.8, 4) is 0 Å². The Morgan fingerprint density at radius 2 is 1.92 bits per heavy atom. The first-order valence-electron chi connectivity index (χ1n) is 4.46. The van der Waals surface area contributed by atoms with Crippen molar-refractivity contribution in [1.82, 2.24) is 9.97 Å². The van der Waals surface area contributed by atoms with Crippen molar-refractivity contribution in [3.63, 3.8) is 0 Å². The van der Waals surface area contributed by atoms with Crippen LogP contribution in [0.3, 0.4) is 0 Å². The Morgan fingerprint density at radius 3 is 2.50 bits per heavy atom. The van der Waals surface area contributed by atoms with Gasteiger partial charge in [0.15, 0.2) is 0 Å². The number of aromatic nitrogens is 2. The van der Waals surface area contributed by atoms with Crippen LogP contribution in [-0.2, 0) is 6.42 Å². The van der Waals surface area contributed by atoms with E-state index in [1.807, 2.05) is 6.92 Å². The molecule has 0 spiro atoms. The average Bonchev–Trinajstić information content (AvgIpc) is 2.03. The second kappa shape index (κ2) is 4.19. The summed E-state index contributed by atoms with van der Waals surface area (Å²) < 4.78 is 0. The molecule has 0 aliphatic rings. The van der Waals surface area contributed by atoms with Crippen LogP contribution in [-0.4, -0.2) is 9.97 Å². The lowest BCUT2D eigenvalue weighted by atomic mass is 10.1. The van der Waals surface area contributed by atoms with Gasteiger partial charge in [-0.1, -0.05) is 13.8 Å². The standard InChI is InChI=1S/C10H16N2/c1-8(2)4-5-10-9(3)11-6-7-12-10/h6-8H,4-5H2,1-3H3. The van der Waals surface area contributed by atoms with Gasteiger partial charge in [0.1, 0.15) is 0 Å². The highest BCUT2D eigenvalue weighted by molar-refractivity contribution is 5.08. The smallest absolute Gasteiger partial charge is 0.0615 e. The van der Waals surface area contributed by atoms with Gasteiger partial charge in [0.05, 0.1) is 11.4 Å². The molecule has 1 aromatic rings. The van der Waals surface area contributed by atoms with Crippen LogP contribution < -0.4 is 0 Å². The van der Waals surface area contributed by atoms with E-state index in [0.29, 0.717) is 0 Å². The maximum atomic E-state index is 4.29. The summed E-state index contributed by atoms with van der Waals surface area (Å²) in [4.78, 5) is 8.48. The number of hydrogen-bond donors (Lipinski definition) is 0. The molecular weight excluding hydrogens is 148 g/mol. The third-order valence-electron chi connectivity index (χ3n) is 1.94. The van der Waals surface area contributed by atoms with Gasteiger partial charge in [-0.15, -0.1) is 0 Å². The van der Waals surface area contributed by atoms with E-state index in [9.17, 15) is 0 Å². The van der Waals surface area contributed by atoms with E-state index in [1.165, 1.54) is 6.42 Å².